The van der Waals surface area contributed by atoms with E-state index in [-0.39, 0.29) is 23.0 Å². The maximum absolute atomic E-state index is 13.2. The second-order valence-corrected chi connectivity index (χ2v) is 10.00. The molecule has 7 nitrogen and oxygen atoms in total. The number of likely N-dealkylation sites (tertiary alicyclic amines) is 2. The van der Waals surface area contributed by atoms with Gasteiger partial charge < -0.3 is 9.32 Å². The van der Waals surface area contributed by atoms with Gasteiger partial charge in [0, 0.05) is 18.0 Å². The van der Waals surface area contributed by atoms with Crippen LogP contribution in [0.15, 0.2) is 4.42 Å². The Bertz CT molecular complexity index is 751. The highest BCUT2D eigenvalue weighted by molar-refractivity contribution is 5.98. The van der Waals surface area contributed by atoms with E-state index in [1.807, 2.05) is 20.8 Å². The maximum atomic E-state index is 13.2. The summed E-state index contributed by atoms with van der Waals surface area (Å²) in [4.78, 5) is 30.3. The van der Waals surface area contributed by atoms with Crippen LogP contribution in [0, 0.1) is 5.92 Å². The van der Waals surface area contributed by atoms with E-state index in [0.717, 1.165) is 18.9 Å². The predicted octanol–water partition coefficient (Wildman–Crippen LogP) is 3.20. The molecule has 4 rings (SSSR count). The number of ketones is 1. The zero-order chi connectivity index (χ0) is 20.6. The average molecular weight is 403 g/mol. The van der Waals surface area contributed by atoms with Crippen molar-refractivity contribution in [2.75, 3.05) is 19.6 Å². The summed E-state index contributed by atoms with van der Waals surface area (Å²) in [6, 6.07) is 0.0752. The summed E-state index contributed by atoms with van der Waals surface area (Å²) in [5.74, 6) is 1.09. The minimum absolute atomic E-state index is 0.0324. The number of aromatic nitrogens is 2. The van der Waals surface area contributed by atoms with Crippen molar-refractivity contribution in [3.63, 3.8) is 0 Å². The zero-order valence-corrected chi connectivity index (χ0v) is 18.0. The Morgan fingerprint density at radius 1 is 1.00 bits per heavy atom. The lowest BCUT2D eigenvalue weighted by molar-refractivity contribution is -0.134. The number of fused-ring (bicyclic) bond motifs is 1. The first kappa shape index (κ1) is 20.5. The van der Waals surface area contributed by atoms with Gasteiger partial charge in [-0.25, -0.2) is 0 Å². The minimum Gasteiger partial charge on any atom is -0.418 e. The van der Waals surface area contributed by atoms with E-state index in [1.54, 1.807) is 4.90 Å². The summed E-state index contributed by atoms with van der Waals surface area (Å²) < 4.78 is 5.65. The fourth-order valence-electron chi connectivity index (χ4n) is 5.30. The smallest absolute Gasteiger partial charge is 0.286 e. The number of amides is 1. The van der Waals surface area contributed by atoms with Gasteiger partial charge in [0.15, 0.2) is 0 Å². The molecule has 0 N–H and O–H groups in total. The van der Waals surface area contributed by atoms with E-state index in [0.29, 0.717) is 31.4 Å². The molecule has 3 atom stereocenters. The van der Waals surface area contributed by atoms with Crippen LogP contribution < -0.4 is 0 Å². The summed E-state index contributed by atoms with van der Waals surface area (Å²) in [7, 11) is 0. The predicted molar refractivity (Wildman–Crippen MR) is 109 cm³/mol. The first-order valence-corrected chi connectivity index (χ1v) is 11.3. The van der Waals surface area contributed by atoms with Crippen LogP contribution in [-0.2, 0) is 10.2 Å². The molecule has 1 aromatic heterocycles. The van der Waals surface area contributed by atoms with Gasteiger partial charge in [-0.05, 0) is 51.0 Å². The topological polar surface area (TPSA) is 79.5 Å². The fourth-order valence-corrected chi connectivity index (χ4v) is 5.30. The molecule has 3 fully saturated rings. The van der Waals surface area contributed by atoms with Crippen LogP contribution in [0.4, 0.5) is 0 Å². The lowest BCUT2D eigenvalue weighted by atomic mass is 9.78. The third-order valence-corrected chi connectivity index (χ3v) is 6.85. The van der Waals surface area contributed by atoms with E-state index >= 15 is 0 Å². The number of rotatable bonds is 4. The summed E-state index contributed by atoms with van der Waals surface area (Å²) in [5.41, 5.74) is -0.304. The Balaban J connectivity index is 1.43. The number of carbonyl (C=O) groups excluding carboxylic acids is 2. The van der Waals surface area contributed by atoms with E-state index in [1.165, 1.54) is 38.5 Å². The van der Waals surface area contributed by atoms with Crippen molar-refractivity contribution < 1.29 is 14.0 Å². The Kier molecular flexibility index (Phi) is 5.78. The second kappa shape index (κ2) is 8.17. The van der Waals surface area contributed by atoms with Gasteiger partial charge in [0.1, 0.15) is 6.04 Å². The van der Waals surface area contributed by atoms with E-state index < -0.39 is 6.04 Å². The normalized spacial score (nSPS) is 28.4. The number of hydrogen-bond acceptors (Lipinski definition) is 6. The molecule has 0 spiro atoms. The SMILES string of the molecule is CC(C)(C)c1nnc(C(=O)C2CCCN2C(=O)CN2CCCC3CCCCC32)o1. The van der Waals surface area contributed by atoms with E-state index in [9.17, 15) is 9.59 Å². The van der Waals surface area contributed by atoms with Crippen molar-refractivity contribution in [2.45, 2.75) is 89.6 Å². The van der Waals surface area contributed by atoms with Crippen molar-refractivity contribution in [3.05, 3.63) is 11.8 Å². The van der Waals surface area contributed by atoms with Crippen LogP contribution in [0.3, 0.4) is 0 Å². The molecule has 7 heteroatoms. The lowest BCUT2D eigenvalue weighted by Gasteiger charge is -2.44. The van der Waals surface area contributed by atoms with Gasteiger partial charge in [-0.15, -0.1) is 10.2 Å². The Morgan fingerprint density at radius 3 is 2.48 bits per heavy atom. The van der Waals surface area contributed by atoms with Gasteiger partial charge in [-0.3, -0.25) is 14.5 Å². The van der Waals surface area contributed by atoms with Gasteiger partial charge in [0.25, 0.3) is 5.89 Å². The largest absolute Gasteiger partial charge is 0.418 e. The molecule has 3 unspecified atom stereocenters. The van der Waals surface area contributed by atoms with E-state index in [2.05, 4.69) is 15.1 Å². The number of Topliss-reactive ketones (excluding diaryl/α,β-unsaturated/α-hetero) is 1. The first-order chi connectivity index (χ1) is 13.8. The van der Waals surface area contributed by atoms with Crippen molar-refractivity contribution in [2.24, 2.45) is 5.92 Å². The summed E-state index contributed by atoms with van der Waals surface area (Å²) >= 11 is 0. The first-order valence-electron chi connectivity index (χ1n) is 11.3. The highest BCUT2D eigenvalue weighted by Crippen LogP contribution is 2.35. The quantitative estimate of drug-likeness (QED) is 0.720. The molecule has 0 bridgehead atoms. The molecule has 1 aliphatic carbocycles. The standard InChI is InChI=1S/C22H34N4O3/c1-22(2,3)21-24-23-20(29-21)19(28)17-11-7-13-26(17)18(27)14-25-12-6-9-15-8-4-5-10-16(15)25/h15-17H,4-14H2,1-3H3. The monoisotopic (exact) mass is 402 g/mol. The molecular weight excluding hydrogens is 368 g/mol. The zero-order valence-electron chi connectivity index (χ0n) is 18.0. The highest BCUT2D eigenvalue weighted by atomic mass is 16.4. The molecule has 160 valence electrons. The Labute approximate surface area is 173 Å². The molecule has 2 aliphatic heterocycles. The van der Waals surface area contributed by atoms with Gasteiger partial charge in [-0.2, -0.15) is 0 Å². The van der Waals surface area contributed by atoms with Gasteiger partial charge in [0.05, 0.1) is 6.54 Å². The third-order valence-electron chi connectivity index (χ3n) is 6.85. The molecule has 1 amide bonds. The second-order valence-electron chi connectivity index (χ2n) is 10.00. The lowest BCUT2D eigenvalue weighted by Crippen LogP contribution is -2.52. The van der Waals surface area contributed by atoms with Crippen LogP contribution >= 0.6 is 0 Å². The molecule has 2 saturated heterocycles. The van der Waals surface area contributed by atoms with Crippen LogP contribution in [-0.4, -0.2) is 63.4 Å². The van der Waals surface area contributed by atoms with Crippen LogP contribution in [0.2, 0.25) is 0 Å². The molecule has 1 saturated carbocycles. The molecule has 0 aromatic carbocycles. The van der Waals surface area contributed by atoms with Crippen molar-refractivity contribution >= 4 is 11.7 Å². The van der Waals surface area contributed by atoms with Crippen LogP contribution in [0.5, 0.6) is 0 Å². The van der Waals surface area contributed by atoms with Crippen LogP contribution in [0.1, 0.15) is 88.7 Å². The third kappa shape index (κ3) is 4.25. The molecule has 3 heterocycles. The maximum Gasteiger partial charge on any atom is 0.286 e. The molecular formula is C22H34N4O3. The van der Waals surface area contributed by atoms with Crippen molar-refractivity contribution in [1.29, 1.82) is 0 Å². The average Bonchev–Trinajstić information content (AvgIpc) is 3.37. The number of piperidine rings is 1. The van der Waals surface area contributed by atoms with Crippen molar-refractivity contribution in [1.82, 2.24) is 20.0 Å². The summed E-state index contributed by atoms with van der Waals surface area (Å²) in [6.45, 7) is 7.98. The van der Waals surface area contributed by atoms with Crippen molar-refractivity contribution in [3.8, 4) is 0 Å². The summed E-state index contributed by atoms with van der Waals surface area (Å²) in [5, 5.41) is 8.02. The molecule has 29 heavy (non-hydrogen) atoms. The molecule has 0 radical (unpaired) electrons. The highest BCUT2D eigenvalue weighted by Gasteiger charge is 2.40. The van der Waals surface area contributed by atoms with Gasteiger partial charge >= 0.3 is 0 Å². The number of nitrogens with zero attached hydrogens (tertiary/aromatic N) is 4. The van der Waals surface area contributed by atoms with Crippen LogP contribution in [0.25, 0.3) is 0 Å². The van der Waals surface area contributed by atoms with E-state index in [4.69, 9.17) is 4.42 Å². The molecule has 3 aliphatic rings. The fraction of sp³-hybridized carbons (Fsp3) is 0.818. The number of hydrogen-bond donors (Lipinski definition) is 0. The molecule has 1 aromatic rings. The van der Waals surface area contributed by atoms with Gasteiger partial charge in [-0.1, -0.05) is 33.6 Å². The Hall–Kier alpha value is -1.76. The van der Waals surface area contributed by atoms with Gasteiger partial charge in [0.2, 0.25) is 17.6 Å². The minimum atomic E-state index is -0.470. The number of carbonyl (C=O) groups is 2. The summed E-state index contributed by atoms with van der Waals surface area (Å²) in [6.07, 6.45) is 9.09. The Morgan fingerprint density at radius 2 is 1.72 bits per heavy atom.